The zero-order valence-electron chi connectivity index (χ0n) is 13.8. The molecule has 0 saturated carbocycles. The van der Waals surface area contributed by atoms with Crippen molar-refractivity contribution in [2.45, 2.75) is 19.3 Å². The van der Waals surface area contributed by atoms with Crippen LogP contribution in [-0.4, -0.2) is 31.3 Å². The molecule has 0 radical (unpaired) electrons. The van der Waals surface area contributed by atoms with Crippen molar-refractivity contribution in [3.8, 4) is 11.8 Å². The summed E-state index contributed by atoms with van der Waals surface area (Å²) in [5, 5.41) is 13.0. The van der Waals surface area contributed by atoms with Crippen molar-refractivity contribution < 1.29 is 19.1 Å². The number of nitrogens with zero attached hydrogens (tertiary/aromatic N) is 1. The molecule has 1 aromatic rings. The van der Waals surface area contributed by atoms with Gasteiger partial charge in [-0.1, -0.05) is 29.4 Å². The number of hydrogen-bond donors (Lipinski definition) is 1. The first-order valence-corrected chi connectivity index (χ1v) is 8.92. The van der Waals surface area contributed by atoms with Gasteiger partial charge in [-0.3, -0.25) is 9.59 Å². The Bertz CT molecular complexity index is 758. The van der Waals surface area contributed by atoms with Crippen LogP contribution in [0, 0.1) is 11.3 Å². The summed E-state index contributed by atoms with van der Waals surface area (Å²) in [5.41, 5.74) is 1.14. The fourth-order valence-corrected chi connectivity index (χ4v) is 3.59. The molecule has 0 saturated heterocycles. The van der Waals surface area contributed by atoms with E-state index in [-0.39, 0.29) is 24.7 Å². The lowest BCUT2D eigenvalue weighted by Crippen LogP contribution is -2.31. The molecule has 0 aromatic heterocycles. The topological polar surface area (TPSA) is 88.4 Å². The molecule has 0 fully saturated rings. The summed E-state index contributed by atoms with van der Waals surface area (Å²) in [6.07, 6.45) is 0.134. The lowest BCUT2D eigenvalue weighted by atomic mass is 9.87. The fourth-order valence-electron chi connectivity index (χ4n) is 2.45. The average molecular weight is 381 g/mol. The molecule has 8 heteroatoms. The third-order valence-corrected chi connectivity index (χ3v) is 4.86. The van der Waals surface area contributed by atoms with Crippen LogP contribution in [0.5, 0.6) is 5.75 Å². The number of esters is 1. The van der Waals surface area contributed by atoms with Crippen molar-refractivity contribution in [3.05, 3.63) is 39.4 Å². The Labute approximate surface area is 155 Å². The van der Waals surface area contributed by atoms with Gasteiger partial charge in [0.2, 0.25) is 5.91 Å². The molecule has 1 atom stereocenters. The van der Waals surface area contributed by atoms with E-state index < -0.39 is 11.9 Å². The number of halogens is 1. The van der Waals surface area contributed by atoms with Gasteiger partial charge >= 0.3 is 5.97 Å². The van der Waals surface area contributed by atoms with Crippen LogP contribution in [0.2, 0.25) is 5.02 Å². The number of benzene rings is 1. The minimum absolute atomic E-state index is 0.0186. The van der Waals surface area contributed by atoms with Crippen molar-refractivity contribution in [2.24, 2.45) is 0 Å². The van der Waals surface area contributed by atoms with E-state index in [2.05, 4.69) is 11.4 Å². The first-order chi connectivity index (χ1) is 12.0. The Kier molecular flexibility index (Phi) is 6.73. The van der Waals surface area contributed by atoms with Gasteiger partial charge in [-0.05, 0) is 24.6 Å². The number of methoxy groups -OCH3 is 1. The van der Waals surface area contributed by atoms with Crippen molar-refractivity contribution in [2.75, 3.05) is 19.5 Å². The van der Waals surface area contributed by atoms with Crippen LogP contribution < -0.4 is 10.1 Å². The normalized spacial score (nSPS) is 16.9. The Morgan fingerprint density at radius 2 is 2.28 bits per heavy atom. The Morgan fingerprint density at radius 1 is 1.52 bits per heavy atom. The molecular weight excluding hydrogens is 364 g/mol. The summed E-state index contributed by atoms with van der Waals surface area (Å²) in [4.78, 5) is 23.6. The molecule has 1 N–H and O–H groups in total. The number of thioether (sulfide) groups is 1. The molecule has 1 heterocycles. The van der Waals surface area contributed by atoms with Crippen LogP contribution >= 0.6 is 23.4 Å². The molecule has 0 unspecified atom stereocenters. The summed E-state index contributed by atoms with van der Waals surface area (Å²) in [7, 11) is 1.51. The highest BCUT2D eigenvalue weighted by atomic mass is 35.5. The highest BCUT2D eigenvalue weighted by Gasteiger charge is 2.30. The summed E-state index contributed by atoms with van der Waals surface area (Å²) >= 11 is 7.24. The monoisotopic (exact) mass is 380 g/mol. The zero-order valence-corrected chi connectivity index (χ0v) is 15.4. The fraction of sp³-hybridized carbons (Fsp3) is 0.353. The van der Waals surface area contributed by atoms with Crippen LogP contribution in [0.15, 0.2) is 28.8 Å². The van der Waals surface area contributed by atoms with E-state index in [1.54, 1.807) is 25.1 Å². The van der Waals surface area contributed by atoms with Gasteiger partial charge in [0.05, 0.1) is 41.2 Å². The third kappa shape index (κ3) is 4.68. The first kappa shape index (κ1) is 19.2. The number of nitrogens with one attached hydrogen (secondary N) is 1. The largest absolute Gasteiger partial charge is 0.495 e. The summed E-state index contributed by atoms with van der Waals surface area (Å²) in [5.74, 6) is -0.509. The van der Waals surface area contributed by atoms with Crippen molar-refractivity contribution >= 4 is 35.2 Å². The molecule has 2 rings (SSSR count). The molecule has 0 bridgehead atoms. The van der Waals surface area contributed by atoms with Gasteiger partial charge in [-0.25, -0.2) is 0 Å². The van der Waals surface area contributed by atoms with Gasteiger partial charge in [-0.2, -0.15) is 5.26 Å². The van der Waals surface area contributed by atoms with E-state index in [9.17, 15) is 14.9 Å². The van der Waals surface area contributed by atoms with Crippen molar-refractivity contribution in [3.63, 3.8) is 0 Å². The van der Waals surface area contributed by atoms with Crippen LogP contribution in [0.25, 0.3) is 0 Å². The highest BCUT2D eigenvalue weighted by molar-refractivity contribution is 8.03. The van der Waals surface area contributed by atoms with E-state index in [0.717, 1.165) is 17.3 Å². The summed E-state index contributed by atoms with van der Waals surface area (Å²) in [6.45, 7) is 2.00. The van der Waals surface area contributed by atoms with E-state index in [1.807, 2.05) is 0 Å². The van der Waals surface area contributed by atoms with Gasteiger partial charge in [0.1, 0.15) is 5.75 Å². The Morgan fingerprint density at radius 3 is 2.88 bits per heavy atom. The standard InChI is InChI=1S/C17H17ClN2O4S/c1-3-24-16(22)9-25-17-12(8-19)11(7-15(21)20-17)10-4-5-14(23-2)13(18)6-10/h4-6,11H,3,7,9H2,1-2H3,(H,20,21)/t11-/m0/s1. The number of hydrogen-bond acceptors (Lipinski definition) is 6. The number of nitriles is 1. The molecule has 1 amide bonds. The Hall–Kier alpha value is -2.17. The average Bonchev–Trinajstić information content (AvgIpc) is 2.59. The molecule has 6 nitrogen and oxygen atoms in total. The van der Waals surface area contributed by atoms with Gasteiger partial charge in [0.15, 0.2) is 0 Å². The number of ether oxygens (including phenoxy) is 2. The number of rotatable bonds is 6. The number of carbonyl (C=O) groups is 2. The number of carbonyl (C=O) groups excluding carboxylic acids is 2. The molecule has 1 aromatic carbocycles. The van der Waals surface area contributed by atoms with Gasteiger partial charge in [-0.15, -0.1) is 0 Å². The molecule has 0 spiro atoms. The molecule has 1 aliphatic heterocycles. The molecule has 0 aliphatic carbocycles. The van der Waals surface area contributed by atoms with Crippen LogP contribution in [-0.2, 0) is 14.3 Å². The summed E-state index contributed by atoms with van der Waals surface area (Å²) in [6, 6.07) is 7.31. The lowest BCUT2D eigenvalue weighted by Gasteiger charge is -2.25. The maximum absolute atomic E-state index is 12.1. The van der Waals surface area contributed by atoms with Crippen LogP contribution in [0.3, 0.4) is 0 Å². The quantitative estimate of drug-likeness (QED) is 0.763. The second kappa shape index (κ2) is 8.79. The Balaban J connectivity index is 2.31. The predicted octanol–water partition coefficient (Wildman–Crippen LogP) is 2.98. The highest BCUT2D eigenvalue weighted by Crippen LogP contribution is 2.38. The third-order valence-electron chi connectivity index (χ3n) is 3.57. The smallest absolute Gasteiger partial charge is 0.316 e. The molecule has 1 aliphatic rings. The zero-order chi connectivity index (χ0) is 18.4. The number of amides is 1. The van der Waals surface area contributed by atoms with Crippen LogP contribution in [0.1, 0.15) is 24.8 Å². The molecule has 132 valence electrons. The predicted molar refractivity (Wildman–Crippen MR) is 95.2 cm³/mol. The maximum atomic E-state index is 12.1. The second-order valence-electron chi connectivity index (χ2n) is 5.15. The van der Waals surface area contributed by atoms with Crippen molar-refractivity contribution in [1.29, 1.82) is 5.26 Å². The minimum atomic E-state index is -0.424. The first-order valence-electron chi connectivity index (χ1n) is 7.56. The molecule has 25 heavy (non-hydrogen) atoms. The van der Waals surface area contributed by atoms with E-state index in [4.69, 9.17) is 21.1 Å². The lowest BCUT2D eigenvalue weighted by molar-refractivity contribution is -0.139. The van der Waals surface area contributed by atoms with E-state index >= 15 is 0 Å². The number of allylic oxidation sites excluding steroid dienone is 1. The summed E-state index contributed by atoms with van der Waals surface area (Å²) < 4.78 is 10.00. The minimum Gasteiger partial charge on any atom is -0.495 e. The van der Waals surface area contributed by atoms with Gasteiger partial charge < -0.3 is 14.8 Å². The van der Waals surface area contributed by atoms with E-state index in [0.29, 0.717) is 21.4 Å². The van der Waals surface area contributed by atoms with Gasteiger partial charge in [0.25, 0.3) is 0 Å². The van der Waals surface area contributed by atoms with Crippen LogP contribution in [0.4, 0.5) is 0 Å². The SMILES string of the molecule is CCOC(=O)CSC1=C(C#N)[C@H](c2ccc(OC)c(Cl)c2)CC(=O)N1. The van der Waals surface area contributed by atoms with Gasteiger partial charge in [0, 0.05) is 12.3 Å². The molecular formula is C17H17ClN2O4S. The van der Waals surface area contributed by atoms with E-state index in [1.165, 1.54) is 7.11 Å². The van der Waals surface area contributed by atoms with Crippen molar-refractivity contribution in [1.82, 2.24) is 5.32 Å². The second-order valence-corrected chi connectivity index (χ2v) is 6.54. The maximum Gasteiger partial charge on any atom is 0.316 e.